The Bertz CT molecular complexity index is 546. The van der Waals surface area contributed by atoms with Crippen LogP contribution in [0.15, 0.2) is 18.3 Å². The Hall–Kier alpha value is -1.48. The van der Waals surface area contributed by atoms with E-state index in [1.165, 1.54) is 22.4 Å². The van der Waals surface area contributed by atoms with E-state index in [1.807, 2.05) is 0 Å². The van der Waals surface area contributed by atoms with Crippen LogP contribution in [-0.4, -0.2) is 30.1 Å². The Labute approximate surface area is 101 Å². The highest BCUT2D eigenvalue weighted by atomic mass is 16.5. The second-order valence-corrected chi connectivity index (χ2v) is 5.10. The van der Waals surface area contributed by atoms with Crippen molar-refractivity contribution >= 4 is 0 Å². The topological polar surface area (TPSA) is 28.3 Å². The molecule has 0 fully saturated rings. The summed E-state index contributed by atoms with van der Waals surface area (Å²) in [6, 6.07) is 4.75. The second kappa shape index (κ2) is 3.26. The summed E-state index contributed by atoms with van der Waals surface area (Å²) in [5.74, 6) is 1.06. The first-order chi connectivity index (χ1) is 8.34. The summed E-state index contributed by atoms with van der Waals surface area (Å²) in [4.78, 5) is 5.86. The van der Waals surface area contributed by atoms with E-state index in [1.54, 1.807) is 0 Å². The van der Waals surface area contributed by atoms with Gasteiger partial charge >= 0.3 is 0 Å². The monoisotopic (exact) mass is 228 g/mol. The zero-order valence-electron chi connectivity index (χ0n) is 9.99. The van der Waals surface area contributed by atoms with E-state index < -0.39 is 0 Å². The van der Waals surface area contributed by atoms with Gasteiger partial charge in [-0.2, -0.15) is 0 Å². The number of rotatable bonds is 0. The maximum atomic E-state index is 5.88. The van der Waals surface area contributed by atoms with Crippen molar-refractivity contribution in [3.05, 3.63) is 29.5 Å². The summed E-state index contributed by atoms with van der Waals surface area (Å²) in [6.45, 7) is 1.97. The van der Waals surface area contributed by atoms with Crippen LogP contribution in [-0.2, 0) is 6.42 Å². The molecule has 3 heteroatoms. The van der Waals surface area contributed by atoms with Crippen molar-refractivity contribution in [2.45, 2.75) is 18.9 Å². The lowest BCUT2D eigenvalue weighted by Crippen LogP contribution is -2.33. The van der Waals surface area contributed by atoms with Gasteiger partial charge in [0, 0.05) is 36.5 Å². The Morgan fingerprint density at radius 1 is 1.41 bits per heavy atom. The predicted octanol–water partition coefficient (Wildman–Crippen LogP) is 2.43. The molecule has 3 aliphatic heterocycles. The van der Waals surface area contributed by atoms with Gasteiger partial charge < -0.3 is 9.72 Å². The van der Waals surface area contributed by atoms with Crippen LogP contribution in [0.25, 0.3) is 11.3 Å². The van der Waals surface area contributed by atoms with Gasteiger partial charge in [0.1, 0.15) is 5.75 Å². The Morgan fingerprint density at radius 3 is 3.29 bits per heavy atom. The maximum absolute atomic E-state index is 5.88. The number of nitrogens with zero attached hydrogens (tertiary/aromatic N) is 1. The highest BCUT2D eigenvalue weighted by Gasteiger charge is 2.32. The molecule has 88 valence electrons. The lowest BCUT2D eigenvalue weighted by atomic mass is 9.88. The van der Waals surface area contributed by atoms with Crippen LogP contribution in [0.4, 0.5) is 0 Å². The second-order valence-electron chi connectivity index (χ2n) is 5.10. The van der Waals surface area contributed by atoms with Crippen LogP contribution in [0.5, 0.6) is 5.75 Å². The van der Waals surface area contributed by atoms with Gasteiger partial charge in [0.2, 0.25) is 0 Å². The van der Waals surface area contributed by atoms with E-state index in [0.29, 0.717) is 6.04 Å². The molecular weight excluding hydrogens is 212 g/mol. The Morgan fingerprint density at radius 2 is 2.35 bits per heavy atom. The molecule has 1 aliphatic carbocycles. The van der Waals surface area contributed by atoms with Crippen LogP contribution >= 0.6 is 0 Å². The maximum Gasteiger partial charge on any atom is 0.129 e. The molecule has 4 rings (SSSR count). The quantitative estimate of drug-likeness (QED) is 0.750. The number of ether oxygens (including phenoxy) is 1. The molecule has 0 saturated heterocycles. The largest absolute Gasteiger partial charge is 0.493 e. The smallest absolute Gasteiger partial charge is 0.129 e. The van der Waals surface area contributed by atoms with Crippen LogP contribution < -0.4 is 4.74 Å². The minimum atomic E-state index is 0.527. The highest BCUT2D eigenvalue weighted by Crippen LogP contribution is 2.46. The molecule has 0 aromatic carbocycles. The summed E-state index contributed by atoms with van der Waals surface area (Å²) >= 11 is 0. The van der Waals surface area contributed by atoms with Gasteiger partial charge in [-0.05, 0) is 36.7 Å². The number of hydrogen-bond donors (Lipinski definition) is 1. The molecule has 1 unspecified atom stereocenters. The third kappa shape index (κ3) is 1.20. The number of H-pyrrole nitrogens is 1. The molecule has 0 saturated carbocycles. The van der Waals surface area contributed by atoms with Crippen molar-refractivity contribution in [2.24, 2.45) is 0 Å². The van der Waals surface area contributed by atoms with Gasteiger partial charge in [0.25, 0.3) is 0 Å². The summed E-state index contributed by atoms with van der Waals surface area (Å²) < 4.78 is 5.88. The van der Waals surface area contributed by atoms with Crippen molar-refractivity contribution in [3.63, 3.8) is 0 Å². The fourth-order valence-corrected chi connectivity index (χ4v) is 3.29. The Kier molecular flexibility index (Phi) is 1.83. The number of aromatic nitrogens is 1. The van der Waals surface area contributed by atoms with Gasteiger partial charge in [0.05, 0.1) is 6.61 Å². The lowest BCUT2D eigenvalue weighted by Gasteiger charge is -2.34. The number of pyridine rings is 1. The molecule has 4 aliphatic rings. The minimum Gasteiger partial charge on any atom is -0.493 e. The number of nitrogens with one attached hydrogen (secondary N) is 1. The molecule has 1 N–H and O–H groups in total. The minimum absolute atomic E-state index is 0.527. The molecule has 17 heavy (non-hydrogen) atoms. The lowest BCUT2D eigenvalue weighted by molar-refractivity contribution is 0.193. The van der Waals surface area contributed by atoms with E-state index in [9.17, 15) is 0 Å². The average Bonchev–Trinajstić information content (AvgIpc) is 2.65. The van der Waals surface area contributed by atoms with Gasteiger partial charge in [0.15, 0.2) is 0 Å². The van der Waals surface area contributed by atoms with Crippen molar-refractivity contribution in [1.29, 1.82) is 0 Å². The molecule has 0 aromatic heterocycles. The molecule has 0 amide bonds. The third-order valence-electron chi connectivity index (χ3n) is 4.18. The Balaban J connectivity index is 2.05. The molecule has 0 aromatic rings. The summed E-state index contributed by atoms with van der Waals surface area (Å²) in [6.07, 6.45) is 4.42. The summed E-state index contributed by atoms with van der Waals surface area (Å²) in [5, 5.41) is 0. The van der Waals surface area contributed by atoms with E-state index in [0.717, 1.165) is 31.7 Å². The first-order valence-electron chi connectivity index (χ1n) is 6.30. The molecule has 0 spiro atoms. The molecule has 3 heterocycles. The molecular formula is C14H16N2O. The van der Waals surface area contributed by atoms with Crippen molar-refractivity contribution in [1.82, 2.24) is 9.88 Å². The zero-order chi connectivity index (χ0) is 11.4. The number of hydrogen-bond acceptors (Lipinski definition) is 2. The van der Waals surface area contributed by atoms with Crippen LogP contribution in [0.3, 0.4) is 0 Å². The van der Waals surface area contributed by atoms with Gasteiger partial charge in [-0.3, -0.25) is 4.90 Å². The SMILES string of the molecule is CN1CCc2c[nH]c3ccc4c-3c2C1CCO4. The summed E-state index contributed by atoms with van der Waals surface area (Å²) in [5.41, 5.74) is 5.50. The van der Waals surface area contributed by atoms with E-state index in [-0.39, 0.29) is 0 Å². The zero-order valence-corrected chi connectivity index (χ0v) is 9.99. The third-order valence-corrected chi connectivity index (χ3v) is 4.18. The van der Waals surface area contributed by atoms with Crippen LogP contribution in [0.2, 0.25) is 0 Å². The molecule has 0 radical (unpaired) electrons. The van der Waals surface area contributed by atoms with Crippen molar-refractivity contribution in [3.8, 4) is 17.0 Å². The molecule has 0 bridgehead atoms. The van der Waals surface area contributed by atoms with Crippen LogP contribution in [0, 0.1) is 0 Å². The average molecular weight is 228 g/mol. The normalized spacial score (nSPS) is 23.5. The van der Waals surface area contributed by atoms with Gasteiger partial charge in [-0.1, -0.05) is 0 Å². The van der Waals surface area contributed by atoms with Crippen LogP contribution in [0.1, 0.15) is 23.6 Å². The fraction of sp³-hybridized carbons (Fsp3) is 0.429. The van der Waals surface area contributed by atoms with Gasteiger partial charge in [-0.15, -0.1) is 0 Å². The first-order valence-corrected chi connectivity index (χ1v) is 6.30. The fourth-order valence-electron chi connectivity index (χ4n) is 3.29. The van der Waals surface area contributed by atoms with E-state index in [4.69, 9.17) is 4.74 Å². The summed E-state index contributed by atoms with van der Waals surface area (Å²) in [7, 11) is 2.23. The predicted molar refractivity (Wildman–Crippen MR) is 66.6 cm³/mol. The number of likely N-dealkylation sites (N-methyl/N-ethyl adjacent to an activating group) is 1. The van der Waals surface area contributed by atoms with Gasteiger partial charge in [-0.25, -0.2) is 0 Å². The first kappa shape index (κ1) is 9.54. The molecule has 1 atom stereocenters. The van der Waals surface area contributed by atoms with E-state index in [2.05, 4.69) is 35.3 Å². The van der Waals surface area contributed by atoms with Crippen molar-refractivity contribution < 1.29 is 4.74 Å². The highest BCUT2D eigenvalue weighted by molar-refractivity contribution is 5.77. The molecule has 3 nitrogen and oxygen atoms in total. The van der Waals surface area contributed by atoms with Crippen molar-refractivity contribution in [2.75, 3.05) is 20.2 Å². The van der Waals surface area contributed by atoms with E-state index >= 15 is 0 Å². The number of aromatic amines is 1. The standard InChI is InChI=1S/C14H16N2O/c1-16-6-4-9-8-15-10-2-3-12-14(10)13(9)11(16)5-7-17-12/h2-3,8,11,15H,4-7H2,1H3.